The molecule has 51 heavy (non-hydrogen) atoms. The zero-order valence-electron chi connectivity index (χ0n) is 29.1. The van der Waals surface area contributed by atoms with Crippen molar-refractivity contribution in [3.8, 4) is 0 Å². The molecule has 3 heterocycles. The summed E-state index contributed by atoms with van der Waals surface area (Å²) < 4.78 is 33.2. The second kappa shape index (κ2) is 14.2. The zero-order chi connectivity index (χ0) is 36.6. The van der Waals surface area contributed by atoms with Gasteiger partial charge in [-0.05, 0) is 77.8 Å². The van der Waals surface area contributed by atoms with Crippen LogP contribution in [0.3, 0.4) is 0 Å². The minimum Gasteiger partial charge on any atom is -0.444 e. The summed E-state index contributed by atoms with van der Waals surface area (Å²) in [5.74, 6) is -2.88. The summed E-state index contributed by atoms with van der Waals surface area (Å²) >= 11 is 0. The maximum atomic E-state index is 14.3. The van der Waals surface area contributed by atoms with E-state index in [1.807, 2.05) is 36.4 Å². The monoisotopic (exact) mass is 722 g/mol. The van der Waals surface area contributed by atoms with Crippen LogP contribution in [0, 0.1) is 5.92 Å². The first-order valence-corrected chi connectivity index (χ1v) is 19.2. The summed E-state index contributed by atoms with van der Waals surface area (Å²) in [5.41, 5.74) is -1.30. The molecule has 1 aromatic heterocycles. The first-order valence-electron chi connectivity index (χ1n) is 17.7. The van der Waals surface area contributed by atoms with Gasteiger partial charge >= 0.3 is 6.09 Å². The number of nitrogens with one attached hydrogen (secondary N) is 4. The van der Waals surface area contributed by atoms with E-state index >= 15 is 0 Å². The van der Waals surface area contributed by atoms with Gasteiger partial charge in [0.1, 0.15) is 23.2 Å². The number of fused-ring (bicyclic) bond motifs is 3. The largest absolute Gasteiger partial charge is 0.444 e. The molecular weight excluding hydrogens is 676 g/mol. The number of pyridine rings is 1. The molecule has 0 unspecified atom stereocenters. The van der Waals surface area contributed by atoms with Crippen LogP contribution in [-0.4, -0.2) is 89.1 Å². The highest BCUT2D eigenvalue weighted by Gasteiger charge is 2.62. The lowest BCUT2D eigenvalue weighted by molar-refractivity contribution is -0.141. The number of allylic oxidation sites excluding steroid dienone is 1. The standard InChI is InChI=1S/C36H46N6O8S/c1-35(2,3)50-34(47)39-28-14-8-6-4-5-7-12-24-19-36(24,33(46)41-51(48,49)26-15-16-26)40-31(44)29-18-25(21-42(29)32(28)45)38-30(43)23-17-22-11-9-10-13-27(22)37-20-23/h7,9-13,17,20,24-26,28-29H,4-6,8,14-16,18-19,21H2,1-3H3,(H,38,43)(H,39,47)(H,40,44)(H,41,46)/t24-,25-,28+,29+,36-/m1/s1. The Balaban J connectivity index is 1.27. The number of para-hydroxylation sites is 1. The Hall–Kier alpha value is -4.53. The Kier molecular flexibility index (Phi) is 10.1. The van der Waals surface area contributed by atoms with E-state index in [1.165, 1.54) is 11.1 Å². The number of nitrogens with zero attached hydrogens (tertiary/aromatic N) is 2. The molecule has 5 atom stereocenters. The minimum atomic E-state index is -3.90. The molecule has 2 aliphatic heterocycles. The van der Waals surface area contributed by atoms with Crippen molar-refractivity contribution in [2.75, 3.05) is 6.54 Å². The van der Waals surface area contributed by atoms with Crippen molar-refractivity contribution in [1.82, 2.24) is 30.6 Å². The number of ether oxygens (including phenoxy) is 1. The van der Waals surface area contributed by atoms with Gasteiger partial charge in [0.2, 0.25) is 21.8 Å². The van der Waals surface area contributed by atoms with E-state index in [9.17, 15) is 32.4 Å². The molecule has 2 saturated carbocycles. The predicted octanol–water partition coefficient (Wildman–Crippen LogP) is 2.83. The number of alkyl carbamates (subject to hydrolysis) is 1. The normalized spacial score (nSPS) is 27.2. The average molecular weight is 723 g/mol. The molecule has 274 valence electrons. The number of rotatable bonds is 6. The average Bonchev–Trinajstić information content (AvgIpc) is 3.99. The summed E-state index contributed by atoms with van der Waals surface area (Å²) in [6.07, 6.45) is 8.71. The molecule has 0 spiro atoms. The first kappa shape index (κ1) is 36.3. The van der Waals surface area contributed by atoms with E-state index in [0.29, 0.717) is 37.7 Å². The molecule has 0 radical (unpaired) electrons. The van der Waals surface area contributed by atoms with Gasteiger partial charge < -0.3 is 25.6 Å². The number of aromatic nitrogens is 1. The van der Waals surface area contributed by atoms with Crippen LogP contribution in [0.1, 0.15) is 88.9 Å². The molecule has 15 heteroatoms. The molecule has 3 fully saturated rings. The third-order valence-corrected chi connectivity index (χ3v) is 11.6. The summed E-state index contributed by atoms with van der Waals surface area (Å²) in [7, 11) is -3.90. The highest BCUT2D eigenvalue weighted by Crippen LogP contribution is 2.46. The molecule has 1 saturated heterocycles. The number of hydrogen-bond donors (Lipinski definition) is 4. The van der Waals surface area contributed by atoms with E-state index < -0.39 is 80.2 Å². The number of carbonyl (C=O) groups is 5. The van der Waals surface area contributed by atoms with Gasteiger partial charge in [-0.2, -0.15) is 0 Å². The lowest BCUT2D eigenvalue weighted by Gasteiger charge is -2.30. The molecule has 0 bridgehead atoms. The quantitative estimate of drug-likeness (QED) is 0.325. The van der Waals surface area contributed by atoms with Gasteiger partial charge in [0.25, 0.3) is 11.8 Å². The Bertz CT molecular complexity index is 1850. The van der Waals surface area contributed by atoms with Gasteiger partial charge in [-0.1, -0.05) is 43.2 Å². The first-order chi connectivity index (χ1) is 24.1. The van der Waals surface area contributed by atoms with E-state index in [1.54, 1.807) is 26.8 Å². The second-order valence-corrected chi connectivity index (χ2v) is 17.0. The third kappa shape index (κ3) is 8.51. The number of carbonyl (C=O) groups excluding carboxylic acids is 5. The number of benzene rings is 1. The van der Waals surface area contributed by atoms with Gasteiger partial charge in [-0.3, -0.25) is 28.9 Å². The maximum Gasteiger partial charge on any atom is 0.408 e. The van der Waals surface area contributed by atoms with Crippen molar-refractivity contribution in [1.29, 1.82) is 0 Å². The van der Waals surface area contributed by atoms with Crippen LogP contribution in [0.25, 0.3) is 10.9 Å². The fourth-order valence-electron chi connectivity index (χ4n) is 6.82. The summed E-state index contributed by atoms with van der Waals surface area (Å²) in [4.78, 5) is 74.2. The van der Waals surface area contributed by atoms with Gasteiger partial charge in [-0.25, -0.2) is 13.2 Å². The molecule has 2 aliphatic carbocycles. The molecule has 4 aliphatic rings. The highest BCUT2D eigenvalue weighted by atomic mass is 32.2. The minimum absolute atomic E-state index is 0.0159. The number of sulfonamides is 1. The summed E-state index contributed by atoms with van der Waals surface area (Å²) in [5, 5.41) is 8.61. The van der Waals surface area contributed by atoms with Crippen LogP contribution in [0.15, 0.2) is 48.7 Å². The fourth-order valence-corrected chi connectivity index (χ4v) is 8.18. The Morgan fingerprint density at radius 1 is 1.04 bits per heavy atom. The third-order valence-electron chi connectivity index (χ3n) is 9.76. The zero-order valence-corrected chi connectivity index (χ0v) is 30.0. The molecular formula is C36H46N6O8S. The highest BCUT2D eigenvalue weighted by molar-refractivity contribution is 7.91. The maximum absolute atomic E-state index is 14.3. The van der Waals surface area contributed by atoms with E-state index in [0.717, 1.165) is 23.7 Å². The van der Waals surface area contributed by atoms with Crippen LogP contribution >= 0.6 is 0 Å². The molecule has 4 N–H and O–H groups in total. The molecule has 1 aromatic carbocycles. The molecule has 5 amide bonds. The number of amides is 5. The van der Waals surface area contributed by atoms with Crippen molar-refractivity contribution < 1.29 is 37.1 Å². The van der Waals surface area contributed by atoms with Crippen LogP contribution in [0.5, 0.6) is 0 Å². The van der Waals surface area contributed by atoms with Crippen molar-refractivity contribution in [3.05, 3.63) is 54.2 Å². The van der Waals surface area contributed by atoms with Gasteiger partial charge in [0, 0.05) is 30.1 Å². The smallest absolute Gasteiger partial charge is 0.408 e. The van der Waals surface area contributed by atoms with Gasteiger partial charge in [0.05, 0.1) is 16.3 Å². The Morgan fingerprint density at radius 2 is 1.80 bits per heavy atom. The lowest BCUT2D eigenvalue weighted by atomic mass is 10.0. The second-order valence-electron chi connectivity index (χ2n) is 15.0. The van der Waals surface area contributed by atoms with Crippen LogP contribution in [0.4, 0.5) is 4.79 Å². The van der Waals surface area contributed by atoms with Crippen molar-refractivity contribution >= 4 is 50.6 Å². The van der Waals surface area contributed by atoms with E-state index in [4.69, 9.17) is 4.74 Å². The Labute approximate surface area is 297 Å². The van der Waals surface area contributed by atoms with Gasteiger partial charge in [-0.15, -0.1) is 0 Å². The molecule has 6 rings (SSSR count). The number of hydrogen-bond acceptors (Lipinski definition) is 9. The van der Waals surface area contributed by atoms with Crippen LogP contribution in [0.2, 0.25) is 0 Å². The van der Waals surface area contributed by atoms with Crippen molar-refractivity contribution in [2.45, 2.75) is 113 Å². The molecule has 14 nitrogen and oxygen atoms in total. The molecule has 2 aromatic rings. The Morgan fingerprint density at radius 3 is 2.55 bits per heavy atom. The predicted molar refractivity (Wildman–Crippen MR) is 188 cm³/mol. The topological polar surface area (TPSA) is 193 Å². The van der Waals surface area contributed by atoms with Gasteiger partial charge in [0.15, 0.2) is 0 Å². The summed E-state index contributed by atoms with van der Waals surface area (Å²) in [6, 6.07) is 6.25. The van der Waals surface area contributed by atoms with E-state index in [2.05, 4.69) is 25.7 Å². The fraction of sp³-hybridized carbons (Fsp3) is 0.556. The van der Waals surface area contributed by atoms with Crippen molar-refractivity contribution in [2.24, 2.45) is 5.92 Å². The van der Waals surface area contributed by atoms with Crippen LogP contribution < -0.4 is 20.7 Å². The SMILES string of the molecule is CC(C)(C)OC(=O)N[C@H]1CCCCCC=C[C@@H]2C[C@@]2(C(=O)NS(=O)(=O)C2CC2)NC(=O)[C@@H]2C[C@@H](NC(=O)c3cnc4ccccc4c3)CN2C1=O. The van der Waals surface area contributed by atoms with E-state index in [-0.39, 0.29) is 19.4 Å². The lowest BCUT2D eigenvalue weighted by Crippen LogP contribution is -2.58. The summed E-state index contributed by atoms with van der Waals surface area (Å²) in [6.45, 7) is 5.09. The van der Waals surface area contributed by atoms with Crippen molar-refractivity contribution in [3.63, 3.8) is 0 Å². The van der Waals surface area contributed by atoms with Crippen LogP contribution in [-0.2, 0) is 29.1 Å².